The van der Waals surface area contributed by atoms with E-state index in [9.17, 15) is 4.79 Å². The van der Waals surface area contributed by atoms with Crippen molar-refractivity contribution in [1.29, 1.82) is 0 Å². The highest BCUT2D eigenvalue weighted by atomic mass is 16.7. The van der Waals surface area contributed by atoms with Gasteiger partial charge in [0, 0.05) is 29.7 Å². The highest BCUT2D eigenvalue weighted by molar-refractivity contribution is 6.06. The monoisotopic (exact) mass is 394 g/mol. The molecule has 0 saturated carbocycles. The van der Waals surface area contributed by atoms with E-state index in [1.54, 1.807) is 30.3 Å². The molecule has 0 aliphatic carbocycles. The van der Waals surface area contributed by atoms with Gasteiger partial charge in [0.1, 0.15) is 0 Å². The van der Waals surface area contributed by atoms with Crippen LogP contribution in [-0.2, 0) is 6.42 Å². The summed E-state index contributed by atoms with van der Waals surface area (Å²) in [6, 6.07) is 10.3. The topological polar surface area (TPSA) is 113 Å². The van der Waals surface area contributed by atoms with Crippen molar-refractivity contribution in [3.63, 3.8) is 0 Å². The van der Waals surface area contributed by atoms with Crippen LogP contribution in [0.3, 0.4) is 0 Å². The number of aromatic nitrogens is 2. The van der Waals surface area contributed by atoms with E-state index >= 15 is 0 Å². The van der Waals surface area contributed by atoms with E-state index in [0.29, 0.717) is 52.1 Å². The average molecular weight is 394 g/mol. The third-order valence-electron chi connectivity index (χ3n) is 4.33. The molecule has 0 fully saturated rings. The Morgan fingerprint density at radius 3 is 2.69 bits per heavy atom. The van der Waals surface area contributed by atoms with Crippen molar-refractivity contribution in [1.82, 2.24) is 10.1 Å². The number of benzene rings is 2. The van der Waals surface area contributed by atoms with Crippen molar-refractivity contribution in [2.24, 2.45) is 5.41 Å². The highest BCUT2D eigenvalue weighted by Crippen LogP contribution is 2.38. The number of rotatable bonds is 4. The zero-order valence-corrected chi connectivity index (χ0v) is 16.5. The molecule has 0 saturated heterocycles. The third kappa shape index (κ3) is 4.16. The van der Waals surface area contributed by atoms with Crippen LogP contribution in [0.1, 0.15) is 37.0 Å². The molecule has 1 aliphatic rings. The van der Waals surface area contributed by atoms with Gasteiger partial charge in [-0.2, -0.15) is 4.98 Å². The second-order valence-electron chi connectivity index (χ2n) is 8.08. The molecule has 2 heterocycles. The fourth-order valence-electron chi connectivity index (χ4n) is 2.96. The number of carbonyl (C=O) groups excluding carboxylic acids is 1. The molecule has 1 amide bonds. The Morgan fingerprint density at radius 2 is 1.93 bits per heavy atom. The summed E-state index contributed by atoms with van der Waals surface area (Å²) in [6.45, 7) is 6.44. The van der Waals surface area contributed by atoms with Gasteiger partial charge in [-0.1, -0.05) is 38.1 Å². The quantitative estimate of drug-likeness (QED) is 0.646. The molecule has 4 rings (SSSR count). The summed E-state index contributed by atoms with van der Waals surface area (Å²) >= 11 is 0. The second-order valence-corrected chi connectivity index (χ2v) is 8.08. The van der Waals surface area contributed by atoms with Crippen LogP contribution in [0.15, 0.2) is 40.9 Å². The SMILES string of the molecule is CC(C)(C)Cc1nc(-c2cccc(C(=O)Nc3cc4c(cc3N)OCO4)c2)no1. The van der Waals surface area contributed by atoms with Gasteiger partial charge in [-0.05, 0) is 17.5 Å². The van der Waals surface area contributed by atoms with Gasteiger partial charge in [-0.25, -0.2) is 0 Å². The molecular formula is C21H22N4O4. The second kappa shape index (κ2) is 7.12. The maximum absolute atomic E-state index is 12.7. The molecule has 29 heavy (non-hydrogen) atoms. The smallest absolute Gasteiger partial charge is 0.255 e. The Hall–Kier alpha value is -3.55. The zero-order valence-electron chi connectivity index (χ0n) is 16.5. The van der Waals surface area contributed by atoms with Gasteiger partial charge < -0.3 is 25.0 Å². The number of amides is 1. The van der Waals surface area contributed by atoms with Crippen LogP contribution < -0.4 is 20.5 Å². The Kier molecular flexibility index (Phi) is 4.62. The molecule has 0 radical (unpaired) electrons. The van der Waals surface area contributed by atoms with Gasteiger partial charge in [-0.15, -0.1) is 0 Å². The van der Waals surface area contributed by atoms with Crippen LogP contribution >= 0.6 is 0 Å². The number of nitrogen functional groups attached to an aromatic ring is 1. The number of hydrogen-bond acceptors (Lipinski definition) is 7. The van der Waals surface area contributed by atoms with Gasteiger partial charge in [-0.3, -0.25) is 4.79 Å². The maximum Gasteiger partial charge on any atom is 0.255 e. The predicted octanol–water partition coefficient (Wildman–Crippen LogP) is 3.89. The van der Waals surface area contributed by atoms with Crippen molar-refractivity contribution < 1.29 is 18.8 Å². The van der Waals surface area contributed by atoms with Gasteiger partial charge >= 0.3 is 0 Å². The normalized spacial score (nSPS) is 12.8. The molecule has 2 aromatic carbocycles. The highest BCUT2D eigenvalue weighted by Gasteiger charge is 2.19. The van der Waals surface area contributed by atoms with Crippen LogP contribution in [0.25, 0.3) is 11.4 Å². The number of nitrogens with one attached hydrogen (secondary N) is 1. The van der Waals surface area contributed by atoms with Crippen LogP contribution in [0.4, 0.5) is 11.4 Å². The number of fused-ring (bicyclic) bond motifs is 1. The number of ether oxygens (including phenoxy) is 2. The number of anilines is 2. The third-order valence-corrected chi connectivity index (χ3v) is 4.33. The molecule has 0 bridgehead atoms. The van der Waals surface area contributed by atoms with Crippen molar-refractivity contribution >= 4 is 17.3 Å². The van der Waals surface area contributed by atoms with Crippen molar-refractivity contribution in [2.45, 2.75) is 27.2 Å². The van der Waals surface area contributed by atoms with Gasteiger partial charge in [0.05, 0.1) is 11.4 Å². The largest absolute Gasteiger partial charge is 0.454 e. The van der Waals surface area contributed by atoms with Crippen molar-refractivity contribution in [3.05, 3.63) is 47.9 Å². The summed E-state index contributed by atoms with van der Waals surface area (Å²) in [7, 11) is 0. The molecule has 1 aromatic heterocycles. The lowest BCUT2D eigenvalue weighted by molar-refractivity contribution is 0.102. The van der Waals surface area contributed by atoms with E-state index in [2.05, 4.69) is 36.2 Å². The number of carbonyl (C=O) groups is 1. The van der Waals surface area contributed by atoms with E-state index in [-0.39, 0.29) is 18.1 Å². The first-order valence-electron chi connectivity index (χ1n) is 9.22. The molecule has 8 nitrogen and oxygen atoms in total. The van der Waals surface area contributed by atoms with Crippen LogP contribution in [-0.4, -0.2) is 22.8 Å². The van der Waals surface area contributed by atoms with E-state index in [1.807, 2.05) is 6.07 Å². The summed E-state index contributed by atoms with van der Waals surface area (Å²) in [5, 5.41) is 6.85. The number of nitrogens with zero attached hydrogens (tertiary/aromatic N) is 2. The molecule has 3 aromatic rings. The molecule has 150 valence electrons. The summed E-state index contributed by atoms with van der Waals surface area (Å²) in [4.78, 5) is 17.2. The Morgan fingerprint density at radius 1 is 1.17 bits per heavy atom. The van der Waals surface area contributed by atoms with Crippen LogP contribution in [0, 0.1) is 5.41 Å². The predicted molar refractivity (Wildman–Crippen MR) is 108 cm³/mol. The average Bonchev–Trinajstić information content (AvgIpc) is 3.30. The summed E-state index contributed by atoms with van der Waals surface area (Å²) < 4.78 is 16.0. The van der Waals surface area contributed by atoms with E-state index < -0.39 is 0 Å². The first-order valence-corrected chi connectivity index (χ1v) is 9.22. The molecular weight excluding hydrogens is 372 g/mol. The standard InChI is InChI=1S/C21H22N4O4/c1-21(2,3)10-18-24-19(25-29-18)12-5-4-6-13(7-12)20(26)23-15-9-17-16(8-14(15)22)27-11-28-17/h4-9H,10-11,22H2,1-3H3,(H,23,26). The fourth-order valence-corrected chi connectivity index (χ4v) is 2.96. The lowest BCUT2D eigenvalue weighted by Gasteiger charge is -2.13. The Labute approximate surface area is 168 Å². The summed E-state index contributed by atoms with van der Waals surface area (Å²) in [5.41, 5.74) is 8.04. The lowest BCUT2D eigenvalue weighted by Crippen LogP contribution is -2.13. The molecule has 0 unspecified atom stereocenters. The van der Waals surface area contributed by atoms with Gasteiger partial charge in [0.15, 0.2) is 11.5 Å². The summed E-state index contributed by atoms with van der Waals surface area (Å²) in [6.07, 6.45) is 0.670. The van der Waals surface area contributed by atoms with Crippen molar-refractivity contribution in [2.75, 3.05) is 17.8 Å². The van der Waals surface area contributed by atoms with Gasteiger partial charge in [0.2, 0.25) is 18.5 Å². The molecule has 8 heteroatoms. The zero-order chi connectivity index (χ0) is 20.6. The molecule has 3 N–H and O–H groups in total. The van der Waals surface area contributed by atoms with Crippen LogP contribution in [0.5, 0.6) is 11.5 Å². The van der Waals surface area contributed by atoms with Gasteiger partial charge in [0.25, 0.3) is 5.91 Å². The first kappa shape index (κ1) is 18.8. The van der Waals surface area contributed by atoms with Crippen molar-refractivity contribution in [3.8, 4) is 22.9 Å². The van der Waals surface area contributed by atoms with E-state index in [0.717, 1.165) is 0 Å². The molecule has 0 atom stereocenters. The summed E-state index contributed by atoms with van der Waals surface area (Å²) in [5.74, 6) is 1.81. The Bertz CT molecular complexity index is 1070. The number of hydrogen-bond donors (Lipinski definition) is 2. The maximum atomic E-state index is 12.7. The van der Waals surface area contributed by atoms with Crippen LogP contribution in [0.2, 0.25) is 0 Å². The van der Waals surface area contributed by atoms with E-state index in [4.69, 9.17) is 19.7 Å². The Balaban J connectivity index is 1.54. The fraction of sp³-hybridized carbons (Fsp3) is 0.286. The minimum Gasteiger partial charge on any atom is -0.454 e. The molecule has 0 spiro atoms. The number of nitrogens with two attached hydrogens (primary N) is 1. The minimum absolute atomic E-state index is 0.0378. The lowest BCUT2D eigenvalue weighted by atomic mass is 9.92. The first-order chi connectivity index (χ1) is 13.8. The molecule has 1 aliphatic heterocycles. The minimum atomic E-state index is -0.309. The van der Waals surface area contributed by atoms with E-state index in [1.165, 1.54) is 0 Å².